The Bertz CT molecular complexity index is 758. The number of aryl methyl sites for hydroxylation is 1. The molecule has 1 aromatic heterocycles. The predicted octanol–water partition coefficient (Wildman–Crippen LogP) is 2.41. The Morgan fingerprint density at radius 3 is 2.64 bits per heavy atom. The van der Waals surface area contributed by atoms with Gasteiger partial charge in [-0.1, -0.05) is 29.8 Å². The Kier molecular flexibility index (Phi) is 5.29. The molecular weight excluding hydrogens is 296 g/mol. The third-order valence-electron chi connectivity index (χ3n) is 3.37. The minimum atomic E-state index is -0.0251. The highest BCUT2D eigenvalue weighted by Gasteiger charge is 2.12. The normalized spacial score (nSPS) is 10.3. The molecule has 0 aliphatic heterocycles. The molecule has 0 spiro atoms. The van der Waals surface area contributed by atoms with Crippen LogP contribution in [0.15, 0.2) is 34.2 Å². The molecule has 1 heterocycles. The summed E-state index contributed by atoms with van der Waals surface area (Å²) in [6.07, 6.45) is 5.81. The summed E-state index contributed by atoms with van der Waals surface area (Å²) in [5, 5.41) is 0.652. The van der Waals surface area contributed by atoms with E-state index < -0.39 is 0 Å². The average Bonchev–Trinajstić information content (AvgIpc) is 2.54. The van der Waals surface area contributed by atoms with Crippen molar-refractivity contribution < 1.29 is 4.74 Å². The molecular formula is C17H18N2O2S. The molecule has 2 aromatic rings. The van der Waals surface area contributed by atoms with Gasteiger partial charge in [0.05, 0.1) is 12.9 Å². The van der Waals surface area contributed by atoms with Crippen LogP contribution in [-0.4, -0.2) is 22.4 Å². The molecule has 0 saturated heterocycles. The molecule has 0 aliphatic rings. The number of ether oxygens (including phenoxy) is 1. The average molecular weight is 314 g/mol. The van der Waals surface area contributed by atoms with Crippen LogP contribution in [0.2, 0.25) is 0 Å². The van der Waals surface area contributed by atoms with Crippen molar-refractivity contribution in [3.8, 4) is 18.1 Å². The van der Waals surface area contributed by atoms with Crippen LogP contribution in [0, 0.1) is 19.3 Å². The maximum atomic E-state index is 12.5. The van der Waals surface area contributed by atoms with Gasteiger partial charge in [-0.05, 0) is 24.6 Å². The van der Waals surface area contributed by atoms with Gasteiger partial charge in [-0.3, -0.25) is 9.36 Å². The lowest BCUT2D eigenvalue weighted by molar-refractivity contribution is 0.414. The summed E-state index contributed by atoms with van der Waals surface area (Å²) < 4.78 is 6.71. The van der Waals surface area contributed by atoms with Gasteiger partial charge < -0.3 is 4.74 Å². The number of thioether (sulfide) groups is 1. The topological polar surface area (TPSA) is 44.1 Å². The zero-order chi connectivity index (χ0) is 16.1. The van der Waals surface area contributed by atoms with E-state index in [0.29, 0.717) is 22.9 Å². The van der Waals surface area contributed by atoms with Crippen LogP contribution in [0.4, 0.5) is 0 Å². The summed E-state index contributed by atoms with van der Waals surface area (Å²) in [6, 6.07) is 7.69. The first-order chi connectivity index (χ1) is 10.6. The fraction of sp³-hybridized carbons (Fsp3) is 0.294. The van der Waals surface area contributed by atoms with Gasteiger partial charge in [0, 0.05) is 24.7 Å². The Hall–Kier alpha value is -2.19. The fourth-order valence-electron chi connectivity index (χ4n) is 2.12. The lowest BCUT2D eigenvalue weighted by Crippen LogP contribution is -2.25. The Morgan fingerprint density at radius 2 is 2.05 bits per heavy atom. The highest BCUT2D eigenvalue weighted by molar-refractivity contribution is 7.99. The summed E-state index contributed by atoms with van der Waals surface area (Å²) in [6.45, 7) is 1.86. The first kappa shape index (κ1) is 16.2. The van der Waals surface area contributed by atoms with Gasteiger partial charge in [0.25, 0.3) is 5.56 Å². The number of aromatic nitrogens is 2. The van der Waals surface area contributed by atoms with E-state index >= 15 is 0 Å². The molecule has 0 fully saturated rings. The second-order valence-corrected chi connectivity index (χ2v) is 5.78. The quantitative estimate of drug-likeness (QED) is 0.483. The van der Waals surface area contributed by atoms with Crippen molar-refractivity contribution in [2.75, 3.05) is 12.9 Å². The lowest BCUT2D eigenvalue weighted by atomic mass is 10.1. The summed E-state index contributed by atoms with van der Waals surface area (Å²) in [7, 11) is 3.36. The third-order valence-corrected chi connectivity index (χ3v) is 4.31. The molecule has 2 rings (SSSR count). The largest absolute Gasteiger partial charge is 0.497 e. The van der Waals surface area contributed by atoms with Crippen LogP contribution in [0.1, 0.15) is 16.8 Å². The fourth-order valence-corrected chi connectivity index (χ4v) is 2.81. The summed E-state index contributed by atoms with van der Waals surface area (Å²) >= 11 is 1.39. The minimum absolute atomic E-state index is 0.0251. The van der Waals surface area contributed by atoms with E-state index in [2.05, 4.69) is 10.9 Å². The summed E-state index contributed by atoms with van der Waals surface area (Å²) in [5.41, 5.74) is 2.48. The first-order valence-electron chi connectivity index (χ1n) is 6.82. The first-order valence-corrected chi connectivity index (χ1v) is 7.81. The van der Waals surface area contributed by atoms with Crippen molar-refractivity contribution >= 4 is 11.8 Å². The molecule has 0 amide bonds. The maximum absolute atomic E-state index is 12.5. The van der Waals surface area contributed by atoms with E-state index in [-0.39, 0.29) is 5.56 Å². The van der Waals surface area contributed by atoms with Gasteiger partial charge in [0.15, 0.2) is 5.16 Å². The molecule has 0 saturated carbocycles. The monoisotopic (exact) mass is 314 g/mol. The number of benzene rings is 1. The van der Waals surface area contributed by atoms with Crippen molar-refractivity contribution in [2.45, 2.75) is 18.5 Å². The molecule has 0 bridgehead atoms. The molecule has 0 atom stereocenters. The minimum Gasteiger partial charge on any atom is -0.497 e. The van der Waals surface area contributed by atoms with E-state index in [1.54, 1.807) is 18.7 Å². The van der Waals surface area contributed by atoms with E-state index in [1.165, 1.54) is 11.8 Å². The number of terminal acetylenes is 1. The molecule has 0 radical (unpaired) electrons. The SMILES string of the molecule is C#CCSc1nc(C)c(Cc2ccc(OC)cc2)c(=O)n1C. The zero-order valence-electron chi connectivity index (χ0n) is 12.9. The smallest absolute Gasteiger partial charge is 0.257 e. The van der Waals surface area contributed by atoms with Crippen LogP contribution in [0.5, 0.6) is 5.75 Å². The van der Waals surface area contributed by atoms with Crippen molar-refractivity contribution in [1.82, 2.24) is 9.55 Å². The molecule has 4 nitrogen and oxygen atoms in total. The number of rotatable bonds is 5. The van der Waals surface area contributed by atoms with E-state index in [4.69, 9.17) is 11.2 Å². The lowest BCUT2D eigenvalue weighted by Gasteiger charge is -2.11. The van der Waals surface area contributed by atoms with Crippen molar-refractivity contribution in [1.29, 1.82) is 0 Å². The van der Waals surface area contributed by atoms with Crippen LogP contribution < -0.4 is 10.3 Å². The highest BCUT2D eigenvalue weighted by atomic mass is 32.2. The van der Waals surface area contributed by atoms with E-state index in [9.17, 15) is 4.79 Å². The highest BCUT2D eigenvalue weighted by Crippen LogP contribution is 2.17. The zero-order valence-corrected chi connectivity index (χ0v) is 13.7. The Labute approximate surface area is 134 Å². The van der Waals surface area contributed by atoms with Gasteiger partial charge in [-0.15, -0.1) is 6.42 Å². The Balaban J connectivity index is 2.33. The van der Waals surface area contributed by atoms with Crippen LogP contribution in [0.25, 0.3) is 0 Å². The second kappa shape index (κ2) is 7.19. The second-order valence-electron chi connectivity index (χ2n) is 4.84. The third kappa shape index (κ3) is 3.52. The van der Waals surface area contributed by atoms with Crippen molar-refractivity contribution in [3.05, 3.63) is 51.4 Å². The molecule has 1 aromatic carbocycles. The van der Waals surface area contributed by atoms with Gasteiger partial charge in [-0.25, -0.2) is 4.98 Å². The van der Waals surface area contributed by atoms with Crippen LogP contribution in [0.3, 0.4) is 0 Å². The Morgan fingerprint density at radius 1 is 1.36 bits per heavy atom. The molecule has 0 unspecified atom stereocenters. The number of methoxy groups -OCH3 is 1. The summed E-state index contributed by atoms with van der Waals surface area (Å²) in [4.78, 5) is 17.0. The van der Waals surface area contributed by atoms with Crippen LogP contribution in [-0.2, 0) is 13.5 Å². The van der Waals surface area contributed by atoms with Crippen molar-refractivity contribution in [2.24, 2.45) is 7.05 Å². The number of nitrogens with zero attached hydrogens (tertiary/aromatic N) is 2. The number of hydrogen-bond donors (Lipinski definition) is 0. The van der Waals surface area contributed by atoms with E-state index in [1.807, 2.05) is 31.2 Å². The maximum Gasteiger partial charge on any atom is 0.257 e. The molecule has 22 heavy (non-hydrogen) atoms. The predicted molar refractivity (Wildman–Crippen MR) is 89.6 cm³/mol. The van der Waals surface area contributed by atoms with Crippen LogP contribution >= 0.6 is 11.8 Å². The molecule has 5 heteroatoms. The van der Waals surface area contributed by atoms with Gasteiger partial charge >= 0.3 is 0 Å². The van der Waals surface area contributed by atoms with Crippen molar-refractivity contribution in [3.63, 3.8) is 0 Å². The molecule has 0 N–H and O–H groups in total. The van der Waals surface area contributed by atoms with E-state index in [0.717, 1.165) is 17.0 Å². The molecule has 114 valence electrons. The molecule has 0 aliphatic carbocycles. The summed E-state index contributed by atoms with van der Waals surface area (Å²) in [5.74, 6) is 3.84. The van der Waals surface area contributed by atoms with Gasteiger partial charge in [0.1, 0.15) is 5.75 Å². The van der Waals surface area contributed by atoms with Gasteiger partial charge in [0.2, 0.25) is 0 Å². The number of hydrogen-bond acceptors (Lipinski definition) is 4. The standard InChI is InChI=1S/C17H18N2O2S/c1-5-10-22-17-18-12(2)15(16(20)19(17)3)11-13-6-8-14(21-4)9-7-13/h1,6-9H,10-11H2,2-4H3. The van der Waals surface area contributed by atoms with Gasteiger partial charge in [-0.2, -0.15) is 0 Å².